The van der Waals surface area contributed by atoms with Crippen LogP contribution in [0.25, 0.3) is 0 Å². The number of nitrogens with one attached hydrogen (secondary N) is 1. The number of anilines is 1. The van der Waals surface area contributed by atoms with Gasteiger partial charge in [-0.25, -0.2) is 4.39 Å². The Balaban J connectivity index is 2.25. The van der Waals surface area contributed by atoms with E-state index in [1.165, 1.54) is 12.1 Å². The summed E-state index contributed by atoms with van der Waals surface area (Å²) in [6.07, 6.45) is 0. The van der Waals surface area contributed by atoms with Gasteiger partial charge in [-0.15, -0.1) is 0 Å². The van der Waals surface area contributed by atoms with Crippen LogP contribution in [0.1, 0.15) is 15.9 Å². The molecule has 0 aromatic heterocycles. The zero-order valence-corrected chi connectivity index (χ0v) is 11.8. The number of carbonyl (C=O) groups is 1. The van der Waals surface area contributed by atoms with Crippen LogP contribution in [-0.4, -0.2) is 5.91 Å². The van der Waals surface area contributed by atoms with Gasteiger partial charge < -0.3 is 5.32 Å². The van der Waals surface area contributed by atoms with Gasteiger partial charge in [0.1, 0.15) is 5.82 Å². The molecule has 0 heterocycles. The van der Waals surface area contributed by atoms with Gasteiger partial charge in [0, 0.05) is 3.57 Å². The molecule has 2 aromatic rings. The summed E-state index contributed by atoms with van der Waals surface area (Å²) in [5.41, 5.74) is 0.750. The molecule has 0 spiro atoms. The molecule has 5 heteroatoms. The highest BCUT2D eigenvalue weighted by atomic mass is 127. The van der Waals surface area contributed by atoms with Crippen LogP contribution in [0, 0.1) is 20.7 Å². The number of halogens is 2. The Morgan fingerprint density at radius 1 is 1.26 bits per heavy atom. The van der Waals surface area contributed by atoms with Crippen LogP contribution in [0.5, 0.6) is 0 Å². The zero-order chi connectivity index (χ0) is 13.8. The summed E-state index contributed by atoms with van der Waals surface area (Å²) in [6.45, 7) is 0. The topological polar surface area (TPSA) is 52.9 Å². The Hall–Kier alpha value is -1.94. The van der Waals surface area contributed by atoms with E-state index in [9.17, 15) is 9.18 Å². The van der Waals surface area contributed by atoms with E-state index in [1.807, 2.05) is 34.7 Å². The van der Waals surface area contributed by atoms with Crippen molar-refractivity contribution in [1.82, 2.24) is 0 Å². The van der Waals surface area contributed by atoms with Crippen molar-refractivity contribution in [3.05, 3.63) is 63.0 Å². The third-order valence-electron chi connectivity index (χ3n) is 2.46. The molecular weight excluding hydrogens is 358 g/mol. The van der Waals surface area contributed by atoms with E-state index in [-0.39, 0.29) is 17.2 Å². The maximum absolute atomic E-state index is 13.6. The Morgan fingerprint density at radius 3 is 2.63 bits per heavy atom. The molecule has 0 aliphatic rings. The van der Waals surface area contributed by atoms with Gasteiger partial charge in [0.15, 0.2) is 0 Å². The predicted molar refractivity (Wildman–Crippen MR) is 78.2 cm³/mol. The quantitative estimate of drug-likeness (QED) is 0.827. The normalized spacial score (nSPS) is 9.74. The molecule has 94 valence electrons. The summed E-state index contributed by atoms with van der Waals surface area (Å²) in [6, 6.07) is 12.8. The fourth-order valence-electron chi connectivity index (χ4n) is 1.52. The molecule has 0 fully saturated rings. The van der Waals surface area contributed by atoms with Crippen molar-refractivity contribution in [3.63, 3.8) is 0 Å². The van der Waals surface area contributed by atoms with Gasteiger partial charge in [0.2, 0.25) is 0 Å². The van der Waals surface area contributed by atoms with Crippen LogP contribution >= 0.6 is 22.6 Å². The van der Waals surface area contributed by atoms with Crippen LogP contribution in [0.2, 0.25) is 0 Å². The molecule has 0 saturated carbocycles. The lowest BCUT2D eigenvalue weighted by Crippen LogP contribution is -2.14. The number of rotatable bonds is 2. The van der Waals surface area contributed by atoms with Crippen LogP contribution < -0.4 is 5.32 Å². The maximum Gasteiger partial charge on any atom is 0.256 e. The van der Waals surface area contributed by atoms with Crippen molar-refractivity contribution >= 4 is 34.2 Å². The molecule has 2 aromatic carbocycles. The van der Waals surface area contributed by atoms with Gasteiger partial charge in [0.25, 0.3) is 5.91 Å². The van der Waals surface area contributed by atoms with Crippen molar-refractivity contribution in [1.29, 1.82) is 5.26 Å². The Labute approximate surface area is 123 Å². The van der Waals surface area contributed by atoms with E-state index in [1.54, 1.807) is 18.2 Å². The van der Waals surface area contributed by atoms with Gasteiger partial charge in [-0.2, -0.15) is 5.26 Å². The lowest BCUT2D eigenvalue weighted by Gasteiger charge is -2.07. The summed E-state index contributed by atoms with van der Waals surface area (Å²) in [4.78, 5) is 12.0. The van der Waals surface area contributed by atoms with Crippen molar-refractivity contribution in [2.45, 2.75) is 0 Å². The minimum atomic E-state index is -0.627. The predicted octanol–water partition coefficient (Wildman–Crippen LogP) is 3.55. The Morgan fingerprint density at radius 2 is 2.00 bits per heavy atom. The number of nitriles is 1. The second-order valence-electron chi connectivity index (χ2n) is 3.74. The molecular formula is C14H8FIN2O. The van der Waals surface area contributed by atoms with Crippen molar-refractivity contribution < 1.29 is 9.18 Å². The first-order chi connectivity index (χ1) is 9.11. The summed E-state index contributed by atoms with van der Waals surface area (Å²) >= 11 is 2.04. The largest absolute Gasteiger partial charge is 0.319 e. The van der Waals surface area contributed by atoms with Crippen molar-refractivity contribution in [3.8, 4) is 6.07 Å². The fraction of sp³-hybridized carbons (Fsp3) is 0. The van der Waals surface area contributed by atoms with Gasteiger partial charge in [0.05, 0.1) is 22.9 Å². The number of hydrogen-bond donors (Lipinski definition) is 1. The number of benzene rings is 2. The average molecular weight is 366 g/mol. The molecule has 0 unspecified atom stereocenters. The molecule has 1 amide bonds. The highest BCUT2D eigenvalue weighted by molar-refractivity contribution is 14.1. The first kappa shape index (κ1) is 13.5. The van der Waals surface area contributed by atoms with Crippen LogP contribution in [0.3, 0.4) is 0 Å². The van der Waals surface area contributed by atoms with Crippen LogP contribution in [0.4, 0.5) is 10.1 Å². The van der Waals surface area contributed by atoms with E-state index in [2.05, 4.69) is 5.32 Å². The molecule has 0 aliphatic heterocycles. The standard InChI is InChI=1S/C14H8FIN2O/c15-11-7-9(8-17)5-6-13(11)18-14(19)10-3-1-2-4-12(10)16/h1-7H,(H,18,19). The van der Waals surface area contributed by atoms with Gasteiger partial charge >= 0.3 is 0 Å². The summed E-state index contributed by atoms with van der Waals surface area (Å²) in [5.74, 6) is -1.01. The molecule has 2 rings (SSSR count). The zero-order valence-electron chi connectivity index (χ0n) is 9.65. The monoisotopic (exact) mass is 366 g/mol. The average Bonchev–Trinajstić information content (AvgIpc) is 2.41. The number of carbonyl (C=O) groups excluding carboxylic acids is 1. The van der Waals surface area contributed by atoms with Crippen molar-refractivity contribution in [2.24, 2.45) is 0 Å². The van der Waals surface area contributed by atoms with Gasteiger partial charge in [-0.1, -0.05) is 12.1 Å². The molecule has 0 bridgehead atoms. The first-order valence-electron chi connectivity index (χ1n) is 5.37. The van der Waals surface area contributed by atoms with E-state index in [0.29, 0.717) is 5.56 Å². The van der Waals surface area contributed by atoms with E-state index < -0.39 is 5.82 Å². The van der Waals surface area contributed by atoms with Gasteiger partial charge in [-0.3, -0.25) is 4.79 Å². The summed E-state index contributed by atoms with van der Waals surface area (Å²) in [7, 11) is 0. The number of hydrogen-bond acceptors (Lipinski definition) is 2. The second kappa shape index (κ2) is 5.80. The molecule has 0 aliphatic carbocycles. The Bertz CT molecular complexity index is 679. The maximum atomic E-state index is 13.6. The molecule has 19 heavy (non-hydrogen) atoms. The fourth-order valence-corrected chi connectivity index (χ4v) is 2.15. The molecule has 1 N–H and O–H groups in total. The first-order valence-corrected chi connectivity index (χ1v) is 6.45. The molecule has 0 radical (unpaired) electrons. The van der Waals surface area contributed by atoms with Crippen LogP contribution in [0.15, 0.2) is 42.5 Å². The smallest absolute Gasteiger partial charge is 0.256 e. The van der Waals surface area contributed by atoms with E-state index >= 15 is 0 Å². The van der Waals surface area contributed by atoms with Crippen LogP contribution in [-0.2, 0) is 0 Å². The molecule has 0 atom stereocenters. The van der Waals surface area contributed by atoms with Crippen molar-refractivity contribution in [2.75, 3.05) is 5.32 Å². The highest BCUT2D eigenvalue weighted by Crippen LogP contribution is 2.18. The summed E-state index contributed by atoms with van der Waals surface area (Å²) < 4.78 is 14.4. The lowest BCUT2D eigenvalue weighted by atomic mass is 10.2. The van der Waals surface area contributed by atoms with Gasteiger partial charge in [-0.05, 0) is 52.9 Å². The molecule has 0 saturated heterocycles. The Kier molecular flexibility index (Phi) is 4.12. The summed E-state index contributed by atoms with van der Waals surface area (Å²) in [5, 5.41) is 11.1. The SMILES string of the molecule is N#Cc1ccc(NC(=O)c2ccccc2I)c(F)c1. The third-order valence-corrected chi connectivity index (χ3v) is 3.41. The van der Waals surface area contributed by atoms with E-state index in [0.717, 1.165) is 9.64 Å². The lowest BCUT2D eigenvalue weighted by molar-refractivity contribution is 0.102. The third kappa shape index (κ3) is 3.09. The molecule has 3 nitrogen and oxygen atoms in total. The second-order valence-corrected chi connectivity index (χ2v) is 4.90. The number of nitrogens with zero attached hydrogens (tertiary/aromatic N) is 1. The highest BCUT2D eigenvalue weighted by Gasteiger charge is 2.12. The van der Waals surface area contributed by atoms with E-state index in [4.69, 9.17) is 5.26 Å². The minimum Gasteiger partial charge on any atom is -0.319 e. The number of amides is 1. The minimum absolute atomic E-state index is 0.0589.